The van der Waals surface area contributed by atoms with E-state index in [-0.39, 0.29) is 19.4 Å². The monoisotopic (exact) mass is 265 g/mol. The molecule has 0 amide bonds. The quantitative estimate of drug-likeness (QED) is 0.869. The van der Waals surface area contributed by atoms with Gasteiger partial charge in [-0.2, -0.15) is 0 Å². The van der Waals surface area contributed by atoms with Crippen LogP contribution in [0, 0.1) is 0 Å². The van der Waals surface area contributed by atoms with E-state index in [0.29, 0.717) is 15.6 Å². The zero-order valence-electron chi connectivity index (χ0n) is 8.44. The maximum atomic E-state index is 13.0. The van der Waals surface area contributed by atoms with E-state index in [1.807, 2.05) is 0 Å². The van der Waals surface area contributed by atoms with Crippen LogP contribution in [0.3, 0.4) is 0 Å². The molecule has 0 heterocycles. The first-order valence-corrected chi connectivity index (χ1v) is 5.67. The van der Waals surface area contributed by atoms with Gasteiger partial charge in [-0.15, -0.1) is 0 Å². The van der Waals surface area contributed by atoms with Crippen LogP contribution in [0.5, 0.6) is 0 Å². The van der Waals surface area contributed by atoms with Crippen molar-refractivity contribution in [1.82, 2.24) is 0 Å². The molecule has 0 atom stereocenters. The zero-order valence-corrected chi connectivity index (χ0v) is 9.95. The van der Waals surface area contributed by atoms with Gasteiger partial charge >= 0.3 is 0 Å². The van der Waals surface area contributed by atoms with Gasteiger partial charge in [-0.05, 0) is 23.8 Å². The van der Waals surface area contributed by atoms with Gasteiger partial charge in [0, 0.05) is 34.8 Å². The average Bonchev–Trinajstić information content (AvgIpc) is 2.11. The van der Waals surface area contributed by atoms with Crippen LogP contribution in [0.2, 0.25) is 10.0 Å². The van der Waals surface area contributed by atoms with Gasteiger partial charge in [-0.25, -0.2) is 8.78 Å². The molecule has 0 radical (unpaired) electrons. The molecule has 2 rings (SSSR count). The fourth-order valence-electron chi connectivity index (χ4n) is 2.26. The lowest BCUT2D eigenvalue weighted by Crippen LogP contribution is -2.53. The number of halogens is 4. The number of alkyl halides is 2. The van der Waals surface area contributed by atoms with Crippen molar-refractivity contribution in [3.63, 3.8) is 0 Å². The molecule has 16 heavy (non-hydrogen) atoms. The Bertz CT molecular complexity index is 392. The summed E-state index contributed by atoms with van der Waals surface area (Å²) in [7, 11) is 0. The number of benzene rings is 1. The Morgan fingerprint density at radius 3 is 2.00 bits per heavy atom. The van der Waals surface area contributed by atoms with Crippen molar-refractivity contribution in [2.24, 2.45) is 5.73 Å². The van der Waals surface area contributed by atoms with E-state index in [4.69, 9.17) is 28.9 Å². The van der Waals surface area contributed by atoms with Crippen LogP contribution in [-0.2, 0) is 5.41 Å². The van der Waals surface area contributed by atoms with Gasteiger partial charge < -0.3 is 5.73 Å². The molecule has 1 fully saturated rings. The van der Waals surface area contributed by atoms with Crippen LogP contribution >= 0.6 is 23.2 Å². The summed E-state index contributed by atoms with van der Waals surface area (Å²) in [5.74, 6) is -2.62. The molecule has 1 aromatic carbocycles. The van der Waals surface area contributed by atoms with E-state index in [0.717, 1.165) is 0 Å². The molecule has 0 saturated heterocycles. The first-order valence-electron chi connectivity index (χ1n) is 4.91. The summed E-state index contributed by atoms with van der Waals surface area (Å²) in [5, 5.41) is 0.899. The highest BCUT2D eigenvalue weighted by atomic mass is 35.5. The lowest BCUT2D eigenvalue weighted by atomic mass is 9.62. The Morgan fingerprint density at radius 1 is 1.12 bits per heavy atom. The second-order valence-electron chi connectivity index (χ2n) is 4.35. The minimum Gasteiger partial charge on any atom is -0.330 e. The highest BCUT2D eigenvalue weighted by molar-refractivity contribution is 6.34. The summed E-state index contributed by atoms with van der Waals surface area (Å²) in [6, 6.07) is 4.90. The van der Waals surface area contributed by atoms with Crippen molar-refractivity contribution in [3.05, 3.63) is 33.8 Å². The molecular weight excluding hydrogens is 255 g/mol. The molecular formula is C11H11Cl2F2N. The molecule has 0 aliphatic heterocycles. The zero-order chi connectivity index (χ0) is 12.0. The second kappa shape index (κ2) is 3.83. The Morgan fingerprint density at radius 2 is 1.62 bits per heavy atom. The minimum absolute atomic E-state index is 0.180. The van der Waals surface area contributed by atoms with Crippen molar-refractivity contribution < 1.29 is 8.78 Å². The number of hydrogen-bond donors (Lipinski definition) is 1. The van der Waals surface area contributed by atoms with E-state index in [1.54, 1.807) is 18.2 Å². The van der Waals surface area contributed by atoms with Crippen molar-refractivity contribution in [2.75, 3.05) is 6.54 Å². The molecule has 0 unspecified atom stereocenters. The standard InChI is InChI=1S/C11H11Cl2F2N/c12-8-1-7(2-9(13)3-8)10(6-16)4-11(14,15)5-10/h1-3H,4-6,16H2. The fraction of sp³-hybridized carbons (Fsp3) is 0.455. The molecule has 0 aromatic heterocycles. The lowest BCUT2D eigenvalue weighted by molar-refractivity contribution is -0.123. The third kappa shape index (κ3) is 2.04. The molecule has 1 aliphatic carbocycles. The van der Waals surface area contributed by atoms with Crippen molar-refractivity contribution in [3.8, 4) is 0 Å². The molecule has 88 valence electrons. The van der Waals surface area contributed by atoms with Gasteiger partial charge in [0.1, 0.15) is 0 Å². The predicted octanol–water partition coefficient (Wildman–Crippen LogP) is 3.62. The Kier molecular flexibility index (Phi) is 2.89. The molecule has 0 bridgehead atoms. The number of rotatable bonds is 2. The van der Waals surface area contributed by atoms with E-state index < -0.39 is 11.3 Å². The average molecular weight is 266 g/mol. The van der Waals surface area contributed by atoms with E-state index >= 15 is 0 Å². The van der Waals surface area contributed by atoms with Gasteiger partial charge in [0.2, 0.25) is 5.92 Å². The van der Waals surface area contributed by atoms with Gasteiger partial charge in [0.15, 0.2) is 0 Å². The van der Waals surface area contributed by atoms with Crippen LogP contribution in [0.15, 0.2) is 18.2 Å². The van der Waals surface area contributed by atoms with Gasteiger partial charge in [0.25, 0.3) is 0 Å². The molecule has 0 spiro atoms. The van der Waals surface area contributed by atoms with Crippen molar-refractivity contribution >= 4 is 23.2 Å². The number of hydrogen-bond acceptors (Lipinski definition) is 1. The van der Waals surface area contributed by atoms with Gasteiger partial charge in [0.05, 0.1) is 0 Å². The molecule has 1 nitrogen and oxygen atoms in total. The summed E-state index contributed by atoms with van der Waals surface area (Å²) in [5.41, 5.74) is 5.64. The van der Waals surface area contributed by atoms with Crippen LogP contribution in [-0.4, -0.2) is 12.5 Å². The topological polar surface area (TPSA) is 26.0 Å². The highest BCUT2D eigenvalue weighted by Gasteiger charge is 2.56. The smallest absolute Gasteiger partial charge is 0.250 e. The van der Waals surface area contributed by atoms with Crippen molar-refractivity contribution in [2.45, 2.75) is 24.2 Å². The van der Waals surface area contributed by atoms with Gasteiger partial charge in [-0.1, -0.05) is 23.2 Å². The molecule has 1 aromatic rings. The van der Waals surface area contributed by atoms with Crippen LogP contribution < -0.4 is 5.73 Å². The minimum atomic E-state index is -2.62. The summed E-state index contributed by atoms with van der Waals surface area (Å²) >= 11 is 11.7. The van der Waals surface area contributed by atoms with Crippen LogP contribution in [0.1, 0.15) is 18.4 Å². The third-order valence-electron chi connectivity index (χ3n) is 3.06. The van der Waals surface area contributed by atoms with Crippen molar-refractivity contribution in [1.29, 1.82) is 0 Å². The Hall–Kier alpha value is -0.380. The number of nitrogens with two attached hydrogens (primary N) is 1. The first-order chi connectivity index (χ1) is 7.37. The maximum absolute atomic E-state index is 13.0. The lowest BCUT2D eigenvalue weighted by Gasteiger charge is -2.47. The molecule has 2 N–H and O–H groups in total. The SMILES string of the molecule is NCC1(c2cc(Cl)cc(Cl)c2)CC(F)(F)C1. The normalized spacial score (nSPS) is 21.6. The first kappa shape index (κ1) is 12.1. The molecule has 1 aliphatic rings. The predicted molar refractivity (Wildman–Crippen MR) is 61.4 cm³/mol. The molecule has 1 saturated carbocycles. The van der Waals surface area contributed by atoms with Crippen LogP contribution in [0.4, 0.5) is 8.78 Å². The highest BCUT2D eigenvalue weighted by Crippen LogP contribution is 2.53. The largest absolute Gasteiger partial charge is 0.330 e. The third-order valence-corrected chi connectivity index (χ3v) is 3.50. The van der Waals surface area contributed by atoms with Gasteiger partial charge in [-0.3, -0.25) is 0 Å². The summed E-state index contributed by atoms with van der Waals surface area (Å²) in [4.78, 5) is 0. The Balaban J connectivity index is 2.35. The molecule has 5 heteroatoms. The Labute approximate surface area is 103 Å². The summed E-state index contributed by atoms with van der Waals surface area (Å²) < 4.78 is 26.0. The summed E-state index contributed by atoms with van der Waals surface area (Å²) in [6.07, 6.45) is -0.458. The van der Waals surface area contributed by atoms with E-state index in [9.17, 15) is 8.78 Å². The second-order valence-corrected chi connectivity index (χ2v) is 5.22. The van der Waals surface area contributed by atoms with Crippen LogP contribution in [0.25, 0.3) is 0 Å². The van der Waals surface area contributed by atoms with E-state index in [1.165, 1.54) is 0 Å². The van der Waals surface area contributed by atoms with E-state index in [2.05, 4.69) is 0 Å². The maximum Gasteiger partial charge on any atom is 0.250 e. The summed E-state index contributed by atoms with van der Waals surface area (Å²) in [6.45, 7) is 0.180. The fourth-order valence-corrected chi connectivity index (χ4v) is 2.79.